The second-order valence-corrected chi connectivity index (χ2v) is 6.30. The second kappa shape index (κ2) is 6.94. The average molecular weight is 282 g/mol. The number of hydrogen-bond donors (Lipinski definition) is 1. The van der Waals surface area contributed by atoms with Crippen molar-refractivity contribution < 1.29 is 14.3 Å². The number of hydrogen-bond acceptors (Lipinski definition) is 2. The van der Waals surface area contributed by atoms with Gasteiger partial charge in [-0.15, -0.1) is 11.8 Å². The molecule has 1 aliphatic carbocycles. The zero-order chi connectivity index (χ0) is 13.7. The van der Waals surface area contributed by atoms with Crippen molar-refractivity contribution in [3.8, 4) is 0 Å². The average Bonchev–Trinajstić information content (AvgIpc) is 2.64. The summed E-state index contributed by atoms with van der Waals surface area (Å²) in [6.07, 6.45) is 6.57. The van der Waals surface area contributed by atoms with Crippen LogP contribution in [-0.2, 0) is 4.79 Å². The molecule has 0 bridgehead atoms. The van der Waals surface area contributed by atoms with Crippen molar-refractivity contribution in [2.24, 2.45) is 5.92 Å². The Morgan fingerprint density at radius 1 is 1.26 bits per heavy atom. The van der Waals surface area contributed by atoms with Crippen LogP contribution in [0.3, 0.4) is 0 Å². The third-order valence-electron chi connectivity index (χ3n) is 3.63. The molecule has 1 saturated carbocycles. The van der Waals surface area contributed by atoms with E-state index in [-0.39, 0.29) is 11.7 Å². The van der Waals surface area contributed by atoms with Gasteiger partial charge in [0.1, 0.15) is 11.1 Å². The number of carbonyl (C=O) groups is 1. The lowest BCUT2D eigenvalue weighted by atomic mass is 9.96. The van der Waals surface area contributed by atoms with Gasteiger partial charge in [0, 0.05) is 4.90 Å². The first kappa shape index (κ1) is 14.4. The van der Waals surface area contributed by atoms with Gasteiger partial charge in [-0.1, -0.05) is 31.7 Å². The molecule has 19 heavy (non-hydrogen) atoms. The number of carboxylic acids is 1. The molecule has 2 rings (SSSR count). The molecule has 1 aromatic carbocycles. The minimum Gasteiger partial charge on any atom is -0.480 e. The van der Waals surface area contributed by atoms with Crippen LogP contribution in [0.1, 0.15) is 38.5 Å². The molecular formula is C15H19FO2S. The van der Waals surface area contributed by atoms with Crippen LogP contribution in [0.15, 0.2) is 29.2 Å². The zero-order valence-electron chi connectivity index (χ0n) is 10.8. The van der Waals surface area contributed by atoms with Gasteiger partial charge in [0.15, 0.2) is 0 Å². The fourth-order valence-electron chi connectivity index (χ4n) is 2.65. The first-order valence-electron chi connectivity index (χ1n) is 6.82. The Balaban J connectivity index is 2.09. The molecule has 0 aliphatic heterocycles. The first-order valence-corrected chi connectivity index (χ1v) is 7.70. The van der Waals surface area contributed by atoms with Crippen molar-refractivity contribution in [1.29, 1.82) is 0 Å². The van der Waals surface area contributed by atoms with E-state index in [2.05, 4.69) is 0 Å². The summed E-state index contributed by atoms with van der Waals surface area (Å²) < 4.78 is 13.2. The molecule has 1 fully saturated rings. The summed E-state index contributed by atoms with van der Waals surface area (Å²) in [5, 5.41) is 8.97. The van der Waals surface area contributed by atoms with E-state index in [4.69, 9.17) is 0 Å². The molecule has 104 valence electrons. The minimum absolute atomic E-state index is 0.202. The summed E-state index contributed by atoms with van der Waals surface area (Å²) in [6, 6.07) is 6.20. The smallest absolute Gasteiger partial charge is 0.317 e. The van der Waals surface area contributed by atoms with Gasteiger partial charge >= 0.3 is 5.97 Å². The number of halogens is 1. The molecule has 1 aromatic rings. The van der Waals surface area contributed by atoms with E-state index in [0.717, 1.165) is 25.7 Å². The van der Waals surface area contributed by atoms with Crippen LogP contribution < -0.4 is 0 Å². The highest BCUT2D eigenvalue weighted by Crippen LogP contribution is 2.35. The Labute approximate surface area is 117 Å². The molecule has 4 heteroatoms. The SMILES string of the molecule is O=C(O)C(Sc1cccc(F)c1)C1CCCCCC1. The van der Waals surface area contributed by atoms with Crippen LogP contribution in [0.2, 0.25) is 0 Å². The lowest BCUT2D eigenvalue weighted by Gasteiger charge is -2.22. The summed E-state index contributed by atoms with van der Waals surface area (Å²) in [5.74, 6) is -0.885. The van der Waals surface area contributed by atoms with Crippen LogP contribution in [-0.4, -0.2) is 16.3 Å². The van der Waals surface area contributed by atoms with Crippen LogP contribution in [0.25, 0.3) is 0 Å². The van der Waals surface area contributed by atoms with Crippen molar-refractivity contribution in [1.82, 2.24) is 0 Å². The molecule has 0 saturated heterocycles. The lowest BCUT2D eigenvalue weighted by Crippen LogP contribution is -2.26. The molecule has 0 amide bonds. The van der Waals surface area contributed by atoms with Crippen molar-refractivity contribution in [3.05, 3.63) is 30.1 Å². The quantitative estimate of drug-likeness (QED) is 0.659. The number of rotatable bonds is 4. The Kier molecular flexibility index (Phi) is 5.25. The molecule has 0 spiro atoms. The topological polar surface area (TPSA) is 37.3 Å². The Morgan fingerprint density at radius 2 is 1.95 bits per heavy atom. The van der Waals surface area contributed by atoms with Crippen molar-refractivity contribution in [2.75, 3.05) is 0 Å². The highest BCUT2D eigenvalue weighted by atomic mass is 32.2. The van der Waals surface area contributed by atoms with Gasteiger partial charge in [-0.25, -0.2) is 4.39 Å². The van der Waals surface area contributed by atoms with Gasteiger partial charge in [0.25, 0.3) is 0 Å². The van der Waals surface area contributed by atoms with E-state index in [1.54, 1.807) is 12.1 Å². The van der Waals surface area contributed by atoms with E-state index >= 15 is 0 Å². The molecular weight excluding hydrogens is 263 g/mol. The molecule has 0 radical (unpaired) electrons. The van der Waals surface area contributed by atoms with Crippen LogP contribution in [0, 0.1) is 11.7 Å². The predicted octanol–water partition coefficient (Wildman–Crippen LogP) is 4.34. The number of thioether (sulfide) groups is 1. The fraction of sp³-hybridized carbons (Fsp3) is 0.533. The number of aliphatic carboxylic acids is 1. The summed E-state index contributed by atoms with van der Waals surface area (Å²) in [4.78, 5) is 12.2. The van der Waals surface area contributed by atoms with E-state index in [9.17, 15) is 14.3 Å². The normalized spacial score (nSPS) is 18.8. The molecule has 1 aliphatic rings. The van der Waals surface area contributed by atoms with Crippen LogP contribution in [0.5, 0.6) is 0 Å². The minimum atomic E-state index is -0.777. The molecule has 2 nitrogen and oxygen atoms in total. The van der Waals surface area contributed by atoms with Crippen LogP contribution >= 0.6 is 11.8 Å². The maximum Gasteiger partial charge on any atom is 0.317 e. The van der Waals surface area contributed by atoms with Crippen molar-refractivity contribution in [2.45, 2.75) is 48.7 Å². The summed E-state index contributed by atoms with van der Waals surface area (Å²) in [6.45, 7) is 0. The van der Waals surface area contributed by atoms with Crippen molar-refractivity contribution >= 4 is 17.7 Å². The van der Waals surface area contributed by atoms with Gasteiger partial charge in [-0.05, 0) is 37.0 Å². The summed E-state index contributed by atoms with van der Waals surface area (Å²) >= 11 is 1.29. The Bertz CT molecular complexity index is 428. The maximum atomic E-state index is 13.2. The van der Waals surface area contributed by atoms with E-state index < -0.39 is 11.2 Å². The van der Waals surface area contributed by atoms with E-state index in [1.807, 2.05) is 0 Å². The summed E-state index contributed by atoms with van der Waals surface area (Å²) in [5.41, 5.74) is 0. The predicted molar refractivity (Wildman–Crippen MR) is 74.9 cm³/mol. The first-order chi connectivity index (χ1) is 9.16. The van der Waals surface area contributed by atoms with E-state index in [1.165, 1.54) is 36.7 Å². The largest absolute Gasteiger partial charge is 0.480 e. The number of carboxylic acid groups (broad SMARTS) is 1. The lowest BCUT2D eigenvalue weighted by molar-refractivity contribution is -0.137. The standard InChI is InChI=1S/C15H19FO2S/c16-12-8-5-9-13(10-12)19-14(15(17)18)11-6-3-1-2-4-7-11/h5,8-11,14H,1-4,6-7H2,(H,17,18). The molecule has 0 aromatic heterocycles. The zero-order valence-corrected chi connectivity index (χ0v) is 11.7. The van der Waals surface area contributed by atoms with Gasteiger partial charge in [-0.2, -0.15) is 0 Å². The third kappa shape index (κ3) is 4.23. The van der Waals surface area contributed by atoms with Gasteiger partial charge in [0.2, 0.25) is 0 Å². The van der Waals surface area contributed by atoms with Gasteiger partial charge < -0.3 is 5.11 Å². The Morgan fingerprint density at radius 3 is 2.53 bits per heavy atom. The van der Waals surface area contributed by atoms with Gasteiger partial charge in [0.05, 0.1) is 0 Å². The monoisotopic (exact) mass is 282 g/mol. The molecule has 1 N–H and O–H groups in total. The fourth-order valence-corrected chi connectivity index (χ4v) is 3.85. The molecule has 1 unspecified atom stereocenters. The summed E-state index contributed by atoms with van der Waals surface area (Å²) in [7, 11) is 0. The Hall–Kier alpha value is -1.03. The van der Waals surface area contributed by atoms with E-state index in [0.29, 0.717) is 4.90 Å². The van der Waals surface area contributed by atoms with Gasteiger partial charge in [-0.3, -0.25) is 4.79 Å². The second-order valence-electron chi connectivity index (χ2n) is 5.09. The highest BCUT2D eigenvalue weighted by molar-refractivity contribution is 8.00. The van der Waals surface area contributed by atoms with Crippen LogP contribution in [0.4, 0.5) is 4.39 Å². The maximum absolute atomic E-state index is 13.2. The highest BCUT2D eigenvalue weighted by Gasteiger charge is 2.29. The molecule has 1 atom stereocenters. The van der Waals surface area contributed by atoms with Crippen molar-refractivity contribution in [3.63, 3.8) is 0 Å². The molecule has 0 heterocycles. The number of benzene rings is 1. The third-order valence-corrected chi connectivity index (χ3v) is 5.00.